The fourth-order valence-electron chi connectivity index (χ4n) is 2.77. The summed E-state index contributed by atoms with van der Waals surface area (Å²) in [4.78, 5) is 0. The molecule has 1 aromatic carbocycles. The number of rotatable bonds is 8. The van der Waals surface area contributed by atoms with Gasteiger partial charge in [-0.25, -0.2) is 4.39 Å². The van der Waals surface area contributed by atoms with Crippen molar-refractivity contribution >= 4 is 11.6 Å². The third-order valence-electron chi connectivity index (χ3n) is 4.11. The number of hydrogen-bond donors (Lipinski definition) is 1. The molecule has 0 aliphatic rings. The van der Waals surface area contributed by atoms with Crippen molar-refractivity contribution in [1.82, 2.24) is 5.32 Å². The van der Waals surface area contributed by atoms with Crippen molar-refractivity contribution in [2.75, 3.05) is 13.7 Å². The van der Waals surface area contributed by atoms with Gasteiger partial charge in [0.05, 0.1) is 10.6 Å². The van der Waals surface area contributed by atoms with E-state index in [1.165, 1.54) is 6.07 Å². The lowest BCUT2D eigenvalue weighted by molar-refractivity contribution is -0.0468. The van der Waals surface area contributed by atoms with E-state index in [9.17, 15) is 4.39 Å². The van der Waals surface area contributed by atoms with Gasteiger partial charge in [-0.1, -0.05) is 38.4 Å². The van der Waals surface area contributed by atoms with E-state index in [0.29, 0.717) is 0 Å². The summed E-state index contributed by atoms with van der Waals surface area (Å²) < 4.78 is 19.4. The fraction of sp³-hybridized carbons (Fsp3) is 0.625. The Kier molecular flexibility index (Phi) is 6.93. The highest BCUT2D eigenvalue weighted by molar-refractivity contribution is 6.30. The third kappa shape index (κ3) is 3.94. The van der Waals surface area contributed by atoms with Gasteiger partial charge in [0, 0.05) is 13.2 Å². The standard InChI is InChI=1S/C16H25ClFNO/c1-5-16(6-2,20-4)15(19-7-3)11-12-8-9-13(17)14(18)10-12/h8-10,15,19H,5-7,11H2,1-4H3. The number of halogens is 2. The summed E-state index contributed by atoms with van der Waals surface area (Å²) >= 11 is 5.73. The second-order valence-electron chi connectivity index (χ2n) is 5.04. The molecule has 1 atom stereocenters. The van der Waals surface area contributed by atoms with Crippen LogP contribution in [0.1, 0.15) is 39.2 Å². The molecule has 1 N–H and O–H groups in total. The molecule has 0 spiro atoms. The summed E-state index contributed by atoms with van der Waals surface area (Å²) in [6.07, 6.45) is 2.54. The molecule has 0 radical (unpaired) electrons. The van der Waals surface area contributed by atoms with Crippen LogP contribution in [-0.4, -0.2) is 25.3 Å². The first kappa shape index (κ1) is 17.4. The Labute approximate surface area is 126 Å². The largest absolute Gasteiger partial charge is 0.377 e. The minimum absolute atomic E-state index is 0.146. The highest BCUT2D eigenvalue weighted by Gasteiger charge is 2.35. The molecule has 114 valence electrons. The lowest BCUT2D eigenvalue weighted by Gasteiger charge is -2.39. The van der Waals surface area contributed by atoms with Gasteiger partial charge in [0.25, 0.3) is 0 Å². The third-order valence-corrected chi connectivity index (χ3v) is 4.42. The fourth-order valence-corrected chi connectivity index (χ4v) is 2.88. The minimum atomic E-state index is -0.365. The Morgan fingerprint density at radius 1 is 1.30 bits per heavy atom. The van der Waals surface area contributed by atoms with Crippen LogP contribution in [0.2, 0.25) is 5.02 Å². The second kappa shape index (κ2) is 7.96. The molecule has 1 unspecified atom stereocenters. The van der Waals surface area contributed by atoms with E-state index in [2.05, 4.69) is 26.1 Å². The van der Waals surface area contributed by atoms with Crippen LogP contribution in [0.4, 0.5) is 4.39 Å². The van der Waals surface area contributed by atoms with Gasteiger partial charge in [0.2, 0.25) is 0 Å². The van der Waals surface area contributed by atoms with Crippen LogP contribution in [0, 0.1) is 5.82 Å². The summed E-state index contributed by atoms with van der Waals surface area (Å²) in [5.74, 6) is -0.365. The molecule has 20 heavy (non-hydrogen) atoms. The first-order valence-electron chi connectivity index (χ1n) is 7.25. The SMILES string of the molecule is CCNC(Cc1ccc(Cl)c(F)c1)C(CC)(CC)OC. The molecule has 0 aliphatic heterocycles. The topological polar surface area (TPSA) is 21.3 Å². The lowest BCUT2D eigenvalue weighted by Crippen LogP contribution is -2.52. The number of likely N-dealkylation sites (N-methyl/N-ethyl adjacent to an activating group) is 1. The van der Waals surface area contributed by atoms with Gasteiger partial charge in [-0.2, -0.15) is 0 Å². The van der Waals surface area contributed by atoms with Crippen molar-refractivity contribution in [2.45, 2.75) is 51.7 Å². The zero-order valence-corrected chi connectivity index (χ0v) is 13.6. The van der Waals surface area contributed by atoms with Crippen LogP contribution in [-0.2, 0) is 11.2 Å². The zero-order valence-electron chi connectivity index (χ0n) is 12.8. The summed E-state index contributed by atoms with van der Waals surface area (Å²) in [5, 5.41) is 3.64. The van der Waals surface area contributed by atoms with Crippen LogP contribution in [0.3, 0.4) is 0 Å². The molecule has 0 fully saturated rings. The maximum Gasteiger partial charge on any atom is 0.142 e. The molecule has 1 rings (SSSR count). The summed E-state index contributed by atoms with van der Waals surface area (Å²) in [6.45, 7) is 7.17. The maximum absolute atomic E-state index is 13.6. The number of benzene rings is 1. The van der Waals surface area contributed by atoms with Crippen molar-refractivity contribution in [3.63, 3.8) is 0 Å². The first-order chi connectivity index (χ1) is 9.52. The van der Waals surface area contributed by atoms with Crippen molar-refractivity contribution in [1.29, 1.82) is 0 Å². The first-order valence-corrected chi connectivity index (χ1v) is 7.63. The van der Waals surface area contributed by atoms with Gasteiger partial charge in [-0.3, -0.25) is 0 Å². The molecular formula is C16H25ClFNO. The molecule has 1 aromatic rings. The second-order valence-corrected chi connectivity index (χ2v) is 5.45. The number of ether oxygens (including phenoxy) is 1. The van der Waals surface area contributed by atoms with Crippen molar-refractivity contribution < 1.29 is 9.13 Å². The molecule has 0 saturated heterocycles. The summed E-state index contributed by atoms with van der Waals surface area (Å²) in [6, 6.07) is 5.15. The monoisotopic (exact) mass is 301 g/mol. The molecule has 4 heteroatoms. The smallest absolute Gasteiger partial charge is 0.142 e. The predicted octanol–water partition coefficient (Wildman–Crippen LogP) is 4.20. The molecule has 0 aliphatic carbocycles. The van der Waals surface area contributed by atoms with Crippen LogP contribution >= 0.6 is 11.6 Å². The van der Waals surface area contributed by atoms with Gasteiger partial charge in [0.15, 0.2) is 0 Å². The Balaban J connectivity index is 2.98. The summed E-state index contributed by atoms with van der Waals surface area (Å²) in [5.41, 5.74) is 0.702. The molecule has 0 aromatic heterocycles. The summed E-state index contributed by atoms with van der Waals surface area (Å²) in [7, 11) is 1.75. The van der Waals surface area contributed by atoms with Gasteiger partial charge in [0.1, 0.15) is 5.82 Å². The molecule has 0 heterocycles. The van der Waals surface area contributed by atoms with E-state index in [4.69, 9.17) is 16.3 Å². The maximum atomic E-state index is 13.6. The zero-order chi connectivity index (χ0) is 15.2. The van der Waals surface area contributed by atoms with E-state index in [1.807, 2.05) is 6.07 Å². The Morgan fingerprint density at radius 3 is 2.40 bits per heavy atom. The van der Waals surface area contributed by atoms with Gasteiger partial charge >= 0.3 is 0 Å². The van der Waals surface area contributed by atoms with Crippen LogP contribution in [0.25, 0.3) is 0 Å². The quantitative estimate of drug-likeness (QED) is 0.777. The van der Waals surface area contributed by atoms with Crippen LogP contribution in [0.5, 0.6) is 0 Å². The molecule has 0 amide bonds. The van der Waals surface area contributed by atoms with Gasteiger partial charge in [-0.05, 0) is 43.5 Å². The molecule has 0 saturated carbocycles. The number of hydrogen-bond acceptors (Lipinski definition) is 2. The van der Waals surface area contributed by atoms with Gasteiger partial charge in [-0.15, -0.1) is 0 Å². The van der Waals surface area contributed by atoms with E-state index in [0.717, 1.165) is 31.4 Å². The molecule has 2 nitrogen and oxygen atoms in total. The normalized spacial score (nSPS) is 13.5. The average Bonchev–Trinajstić information content (AvgIpc) is 2.45. The van der Waals surface area contributed by atoms with Crippen LogP contribution < -0.4 is 5.32 Å². The van der Waals surface area contributed by atoms with Crippen molar-refractivity contribution in [3.8, 4) is 0 Å². The van der Waals surface area contributed by atoms with E-state index < -0.39 is 0 Å². The Morgan fingerprint density at radius 2 is 1.95 bits per heavy atom. The van der Waals surface area contributed by atoms with Crippen molar-refractivity contribution in [2.24, 2.45) is 0 Å². The van der Waals surface area contributed by atoms with E-state index in [1.54, 1.807) is 13.2 Å². The predicted molar refractivity (Wildman–Crippen MR) is 82.9 cm³/mol. The highest BCUT2D eigenvalue weighted by atomic mass is 35.5. The van der Waals surface area contributed by atoms with Crippen LogP contribution in [0.15, 0.2) is 18.2 Å². The Hall–Kier alpha value is -0.640. The van der Waals surface area contributed by atoms with E-state index in [-0.39, 0.29) is 22.5 Å². The number of nitrogens with one attached hydrogen (secondary N) is 1. The van der Waals surface area contributed by atoms with Gasteiger partial charge < -0.3 is 10.1 Å². The molecule has 0 bridgehead atoms. The van der Waals surface area contributed by atoms with Crippen molar-refractivity contribution in [3.05, 3.63) is 34.6 Å². The van der Waals surface area contributed by atoms with E-state index >= 15 is 0 Å². The number of methoxy groups -OCH3 is 1. The average molecular weight is 302 g/mol. The lowest BCUT2D eigenvalue weighted by atomic mass is 9.84. The highest BCUT2D eigenvalue weighted by Crippen LogP contribution is 2.27. The molecular weight excluding hydrogens is 277 g/mol. The minimum Gasteiger partial charge on any atom is -0.377 e. The Bertz CT molecular complexity index is 413.